The van der Waals surface area contributed by atoms with Gasteiger partial charge in [0.25, 0.3) is 0 Å². The maximum Gasteiger partial charge on any atom is 0.0730 e. The van der Waals surface area contributed by atoms with Crippen LogP contribution in [0.5, 0.6) is 0 Å². The zero-order chi connectivity index (χ0) is 11.7. The van der Waals surface area contributed by atoms with Gasteiger partial charge in [0.1, 0.15) is 0 Å². The highest BCUT2D eigenvalue weighted by Crippen LogP contribution is 2.25. The summed E-state index contributed by atoms with van der Waals surface area (Å²) in [6, 6.07) is 19.9. The predicted octanol–water partition coefficient (Wildman–Crippen LogP) is 2.66. The van der Waals surface area contributed by atoms with Gasteiger partial charge in [0.05, 0.1) is 11.2 Å². The number of anilines is 1. The van der Waals surface area contributed by atoms with Crippen LogP contribution in [0.1, 0.15) is 0 Å². The van der Waals surface area contributed by atoms with E-state index in [4.69, 9.17) is 5.73 Å². The van der Waals surface area contributed by atoms with E-state index >= 15 is 0 Å². The highest BCUT2D eigenvalue weighted by atomic mass is 16.0. The van der Waals surface area contributed by atoms with E-state index in [1.54, 1.807) is 0 Å². The van der Waals surface area contributed by atoms with Gasteiger partial charge in [0, 0.05) is 16.6 Å². The molecule has 0 unspecified atom stereocenters. The molecule has 3 aromatic rings. The molecule has 0 spiro atoms. The highest BCUT2D eigenvalue weighted by Gasteiger charge is 2.04. The lowest BCUT2D eigenvalue weighted by Crippen LogP contribution is -1.92. The molecule has 0 bridgehead atoms. The number of nitrogens with two attached hydrogens (primary N) is 1. The number of hydrogen-bond donors (Lipinski definition) is 1. The van der Waals surface area contributed by atoms with E-state index in [1.165, 1.54) is 0 Å². The average molecular weight is 238 g/mol. The predicted molar refractivity (Wildman–Crippen MR) is 75.2 cm³/mol. The van der Waals surface area contributed by atoms with Crippen LogP contribution in [0.4, 0.5) is 5.69 Å². The van der Waals surface area contributed by atoms with Crippen LogP contribution in [0.25, 0.3) is 22.2 Å². The van der Waals surface area contributed by atoms with Gasteiger partial charge in [-0.2, -0.15) is 0 Å². The summed E-state index contributed by atoms with van der Waals surface area (Å²) in [5.41, 5.74) is 9.77. The summed E-state index contributed by atoms with van der Waals surface area (Å²) < 4.78 is 0. The second-order valence-electron chi connectivity index (χ2n) is 3.98. The SMILES string of the molecule is Nc1cc(-c2ccccc2)nc2ccccc12.O. The molecule has 0 saturated heterocycles. The summed E-state index contributed by atoms with van der Waals surface area (Å²) >= 11 is 0. The fourth-order valence-corrected chi connectivity index (χ4v) is 1.96. The van der Waals surface area contributed by atoms with E-state index in [1.807, 2.05) is 60.7 Å². The van der Waals surface area contributed by atoms with Crippen molar-refractivity contribution in [3.8, 4) is 11.3 Å². The van der Waals surface area contributed by atoms with Crippen molar-refractivity contribution in [3.05, 3.63) is 60.7 Å². The molecule has 18 heavy (non-hydrogen) atoms. The van der Waals surface area contributed by atoms with E-state index < -0.39 is 0 Å². The highest BCUT2D eigenvalue weighted by molar-refractivity contribution is 5.92. The Morgan fingerprint density at radius 1 is 0.833 bits per heavy atom. The van der Waals surface area contributed by atoms with Crippen molar-refractivity contribution in [2.75, 3.05) is 5.73 Å². The largest absolute Gasteiger partial charge is 0.412 e. The molecule has 90 valence electrons. The number of para-hydroxylation sites is 1. The summed E-state index contributed by atoms with van der Waals surface area (Å²) in [4.78, 5) is 4.63. The first-order chi connectivity index (χ1) is 8.34. The molecule has 0 fully saturated rings. The van der Waals surface area contributed by atoms with Crippen LogP contribution in [-0.4, -0.2) is 10.5 Å². The molecule has 3 nitrogen and oxygen atoms in total. The van der Waals surface area contributed by atoms with Crippen molar-refractivity contribution in [2.45, 2.75) is 0 Å². The molecule has 1 aromatic heterocycles. The molecule has 0 saturated carbocycles. The Labute approximate surface area is 105 Å². The topological polar surface area (TPSA) is 70.4 Å². The summed E-state index contributed by atoms with van der Waals surface area (Å²) in [6.07, 6.45) is 0. The smallest absolute Gasteiger partial charge is 0.0730 e. The van der Waals surface area contributed by atoms with E-state index in [2.05, 4.69) is 4.98 Å². The van der Waals surface area contributed by atoms with Gasteiger partial charge in [-0.15, -0.1) is 0 Å². The van der Waals surface area contributed by atoms with Crippen LogP contribution >= 0.6 is 0 Å². The maximum atomic E-state index is 6.05. The van der Waals surface area contributed by atoms with Crippen molar-refractivity contribution in [1.82, 2.24) is 4.98 Å². The van der Waals surface area contributed by atoms with Crippen molar-refractivity contribution in [3.63, 3.8) is 0 Å². The van der Waals surface area contributed by atoms with Gasteiger partial charge in [0.2, 0.25) is 0 Å². The minimum absolute atomic E-state index is 0. The summed E-state index contributed by atoms with van der Waals surface area (Å²) in [5.74, 6) is 0. The molecule has 4 N–H and O–H groups in total. The van der Waals surface area contributed by atoms with Crippen LogP contribution in [0.3, 0.4) is 0 Å². The monoisotopic (exact) mass is 238 g/mol. The van der Waals surface area contributed by atoms with Gasteiger partial charge in [0.15, 0.2) is 0 Å². The Balaban J connectivity index is 0.00000120. The standard InChI is InChI=1S/C15H12N2.H2O/c16-13-10-15(11-6-2-1-3-7-11)17-14-9-5-4-8-12(13)14;/h1-10H,(H2,16,17);1H2. The van der Waals surface area contributed by atoms with E-state index in [-0.39, 0.29) is 5.48 Å². The number of pyridine rings is 1. The summed E-state index contributed by atoms with van der Waals surface area (Å²) in [5, 5.41) is 1.01. The Morgan fingerprint density at radius 3 is 2.28 bits per heavy atom. The fourth-order valence-electron chi connectivity index (χ4n) is 1.96. The Hall–Kier alpha value is -2.39. The minimum atomic E-state index is 0. The number of benzene rings is 2. The first-order valence-electron chi connectivity index (χ1n) is 5.55. The number of hydrogen-bond acceptors (Lipinski definition) is 2. The first kappa shape index (κ1) is 12.1. The molecule has 0 atom stereocenters. The van der Waals surface area contributed by atoms with Gasteiger partial charge in [-0.3, -0.25) is 0 Å². The quantitative estimate of drug-likeness (QED) is 0.708. The normalized spacial score (nSPS) is 10.0. The lowest BCUT2D eigenvalue weighted by atomic mass is 10.1. The van der Waals surface area contributed by atoms with E-state index in [0.29, 0.717) is 0 Å². The van der Waals surface area contributed by atoms with Crippen LogP contribution in [0.15, 0.2) is 60.7 Å². The molecule has 0 radical (unpaired) electrons. The average Bonchev–Trinajstić information content (AvgIpc) is 2.40. The molecule has 3 heteroatoms. The second-order valence-corrected chi connectivity index (χ2v) is 3.98. The Kier molecular flexibility index (Phi) is 3.26. The molecule has 0 aliphatic carbocycles. The molecular formula is C15H14N2O. The van der Waals surface area contributed by atoms with Crippen molar-refractivity contribution < 1.29 is 5.48 Å². The summed E-state index contributed by atoms with van der Waals surface area (Å²) in [6.45, 7) is 0. The van der Waals surface area contributed by atoms with Gasteiger partial charge in [-0.1, -0.05) is 48.5 Å². The van der Waals surface area contributed by atoms with Crippen LogP contribution in [0, 0.1) is 0 Å². The number of rotatable bonds is 1. The van der Waals surface area contributed by atoms with Gasteiger partial charge < -0.3 is 11.2 Å². The van der Waals surface area contributed by atoms with Crippen LogP contribution in [0.2, 0.25) is 0 Å². The van der Waals surface area contributed by atoms with Gasteiger partial charge >= 0.3 is 0 Å². The second kappa shape index (κ2) is 4.85. The Morgan fingerprint density at radius 2 is 1.50 bits per heavy atom. The van der Waals surface area contributed by atoms with Gasteiger partial charge in [-0.25, -0.2) is 4.98 Å². The lowest BCUT2D eigenvalue weighted by Gasteiger charge is -2.06. The van der Waals surface area contributed by atoms with Crippen molar-refractivity contribution in [1.29, 1.82) is 0 Å². The van der Waals surface area contributed by atoms with Crippen LogP contribution in [-0.2, 0) is 0 Å². The van der Waals surface area contributed by atoms with Crippen molar-refractivity contribution >= 4 is 16.6 Å². The molecule has 3 rings (SSSR count). The van der Waals surface area contributed by atoms with Crippen LogP contribution < -0.4 is 5.73 Å². The molecule has 2 aromatic carbocycles. The number of aromatic nitrogens is 1. The maximum absolute atomic E-state index is 6.05. The third-order valence-electron chi connectivity index (χ3n) is 2.82. The van der Waals surface area contributed by atoms with E-state index in [0.717, 1.165) is 27.8 Å². The zero-order valence-corrected chi connectivity index (χ0v) is 9.80. The van der Waals surface area contributed by atoms with Gasteiger partial charge in [-0.05, 0) is 12.1 Å². The fraction of sp³-hybridized carbons (Fsp3) is 0. The number of nitrogens with zero attached hydrogens (tertiary/aromatic N) is 1. The van der Waals surface area contributed by atoms with Crippen molar-refractivity contribution in [2.24, 2.45) is 0 Å². The lowest BCUT2D eigenvalue weighted by molar-refractivity contribution is 0.824. The first-order valence-corrected chi connectivity index (χ1v) is 5.55. The molecule has 0 amide bonds. The molecule has 0 aliphatic rings. The summed E-state index contributed by atoms with van der Waals surface area (Å²) in [7, 11) is 0. The third kappa shape index (κ3) is 2.04. The number of nitrogen functional groups attached to an aromatic ring is 1. The third-order valence-corrected chi connectivity index (χ3v) is 2.82. The van der Waals surface area contributed by atoms with E-state index in [9.17, 15) is 0 Å². The number of fused-ring (bicyclic) bond motifs is 1. The Bertz CT molecular complexity index is 666. The molecule has 0 aliphatic heterocycles. The zero-order valence-electron chi connectivity index (χ0n) is 9.80. The minimum Gasteiger partial charge on any atom is -0.412 e. The molecular weight excluding hydrogens is 224 g/mol. The molecule has 1 heterocycles.